The molecule has 1 aliphatic rings. The molecule has 0 radical (unpaired) electrons. The molecule has 1 aromatic rings. The number of piperidine rings is 1. The van der Waals surface area contributed by atoms with Crippen molar-refractivity contribution in [1.82, 2.24) is 15.1 Å². The van der Waals surface area contributed by atoms with Gasteiger partial charge in [-0.2, -0.15) is 0 Å². The van der Waals surface area contributed by atoms with E-state index in [9.17, 15) is 5.11 Å². The summed E-state index contributed by atoms with van der Waals surface area (Å²) in [5, 5.41) is 18.1. The van der Waals surface area contributed by atoms with E-state index in [4.69, 9.17) is 11.6 Å². The molecule has 4 nitrogen and oxygen atoms in total. The average molecular weight is 234 g/mol. The fourth-order valence-corrected chi connectivity index (χ4v) is 2.57. The zero-order valence-corrected chi connectivity index (χ0v) is 9.26. The first-order valence-electron chi connectivity index (χ1n) is 4.62. The van der Waals surface area contributed by atoms with Crippen molar-refractivity contribution < 1.29 is 5.11 Å². The van der Waals surface area contributed by atoms with Gasteiger partial charge in [0.1, 0.15) is 5.01 Å². The first-order valence-corrected chi connectivity index (χ1v) is 5.82. The van der Waals surface area contributed by atoms with Crippen LogP contribution in [-0.4, -0.2) is 39.4 Å². The summed E-state index contributed by atoms with van der Waals surface area (Å²) >= 11 is 7.09. The maximum Gasteiger partial charge on any atom is 0.207 e. The molecule has 14 heavy (non-hydrogen) atoms. The number of aromatic nitrogens is 2. The van der Waals surface area contributed by atoms with Crippen LogP contribution < -0.4 is 0 Å². The third-order valence-corrected chi connectivity index (χ3v) is 3.29. The zero-order chi connectivity index (χ0) is 9.97. The molecular formula is C8H12ClN3OS. The van der Waals surface area contributed by atoms with Crippen LogP contribution in [0.15, 0.2) is 0 Å². The van der Waals surface area contributed by atoms with Gasteiger partial charge in [0.15, 0.2) is 0 Å². The lowest BCUT2D eigenvalue weighted by atomic mass is 10.1. The van der Waals surface area contributed by atoms with E-state index >= 15 is 0 Å². The number of nitrogens with zero attached hydrogens (tertiary/aromatic N) is 3. The van der Waals surface area contributed by atoms with Crippen molar-refractivity contribution in [1.29, 1.82) is 0 Å². The van der Waals surface area contributed by atoms with E-state index in [0.717, 1.165) is 37.5 Å². The predicted molar refractivity (Wildman–Crippen MR) is 55.4 cm³/mol. The normalized spacial score (nSPS) is 24.0. The van der Waals surface area contributed by atoms with Crippen LogP contribution in [0.25, 0.3) is 0 Å². The summed E-state index contributed by atoms with van der Waals surface area (Å²) in [4.78, 5) is 2.19. The molecule has 0 aromatic carbocycles. The van der Waals surface area contributed by atoms with Crippen molar-refractivity contribution in [3.8, 4) is 0 Å². The second kappa shape index (κ2) is 4.53. The van der Waals surface area contributed by atoms with Crippen molar-refractivity contribution in [2.24, 2.45) is 0 Å². The molecule has 1 atom stereocenters. The highest BCUT2D eigenvalue weighted by molar-refractivity contribution is 7.15. The molecule has 0 aliphatic carbocycles. The summed E-state index contributed by atoms with van der Waals surface area (Å²) in [5.41, 5.74) is 0. The van der Waals surface area contributed by atoms with Gasteiger partial charge in [-0.25, -0.2) is 0 Å². The minimum absolute atomic E-state index is 0.188. The molecule has 78 valence electrons. The summed E-state index contributed by atoms with van der Waals surface area (Å²) in [6, 6.07) is 0. The van der Waals surface area contributed by atoms with E-state index in [1.54, 1.807) is 0 Å². The Morgan fingerprint density at radius 1 is 1.57 bits per heavy atom. The minimum Gasteiger partial charge on any atom is -0.392 e. The number of hydrogen-bond acceptors (Lipinski definition) is 5. The van der Waals surface area contributed by atoms with Gasteiger partial charge >= 0.3 is 0 Å². The van der Waals surface area contributed by atoms with Crippen molar-refractivity contribution in [3.63, 3.8) is 0 Å². The third-order valence-electron chi connectivity index (χ3n) is 2.28. The van der Waals surface area contributed by atoms with Crippen molar-refractivity contribution in [2.45, 2.75) is 25.5 Å². The van der Waals surface area contributed by atoms with Crippen LogP contribution in [0.2, 0.25) is 4.47 Å². The van der Waals surface area contributed by atoms with Gasteiger partial charge in [0, 0.05) is 6.54 Å². The zero-order valence-electron chi connectivity index (χ0n) is 7.69. The number of hydrogen-bond donors (Lipinski definition) is 1. The highest BCUT2D eigenvalue weighted by atomic mass is 35.5. The van der Waals surface area contributed by atoms with E-state index in [-0.39, 0.29) is 6.10 Å². The third kappa shape index (κ3) is 2.63. The Balaban J connectivity index is 1.90. The monoisotopic (exact) mass is 233 g/mol. The van der Waals surface area contributed by atoms with Crippen LogP contribution in [0.4, 0.5) is 0 Å². The highest BCUT2D eigenvalue weighted by Gasteiger charge is 2.18. The Morgan fingerprint density at radius 3 is 3.07 bits per heavy atom. The fourth-order valence-electron chi connectivity index (χ4n) is 1.66. The Bertz CT molecular complexity index is 307. The standard InChI is InChI=1S/C8H12ClN3OS/c9-8-11-10-7(14-8)5-12-3-1-2-6(13)4-12/h6,13H,1-5H2. The van der Waals surface area contributed by atoms with Gasteiger partial charge in [-0.15, -0.1) is 10.2 Å². The molecule has 1 unspecified atom stereocenters. The first-order chi connectivity index (χ1) is 6.74. The molecule has 1 N–H and O–H groups in total. The van der Waals surface area contributed by atoms with Crippen LogP contribution in [0, 0.1) is 0 Å². The Hall–Kier alpha value is -0.230. The van der Waals surface area contributed by atoms with Gasteiger partial charge in [-0.1, -0.05) is 11.3 Å². The lowest BCUT2D eigenvalue weighted by molar-refractivity contribution is 0.0667. The summed E-state index contributed by atoms with van der Waals surface area (Å²) in [6.45, 7) is 2.51. The number of likely N-dealkylation sites (tertiary alicyclic amines) is 1. The molecule has 0 spiro atoms. The lowest BCUT2D eigenvalue weighted by Gasteiger charge is -2.28. The van der Waals surface area contributed by atoms with E-state index in [1.807, 2.05) is 0 Å². The second-order valence-electron chi connectivity index (χ2n) is 3.48. The number of halogens is 1. The quantitative estimate of drug-likeness (QED) is 0.833. The highest BCUT2D eigenvalue weighted by Crippen LogP contribution is 2.18. The van der Waals surface area contributed by atoms with Gasteiger partial charge in [-0.3, -0.25) is 4.90 Å². The second-order valence-corrected chi connectivity index (χ2v) is 5.12. The Kier molecular flexibility index (Phi) is 3.33. The molecule has 1 fully saturated rings. The van der Waals surface area contributed by atoms with Crippen LogP contribution in [0.3, 0.4) is 0 Å². The van der Waals surface area contributed by atoms with Gasteiger partial charge in [0.05, 0.1) is 12.6 Å². The molecule has 1 aliphatic heterocycles. The maximum atomic E-state index is 9.46. The van der Waals surface area contributed by atoms with Gasteiger partial charge in [-0.05, 0) is 31.0 Å². The topological polar surface area (TPSA) is 49.2 Å². The molecule has 2 rings (SSSR count). The summed E-state index contributed by atoms with van der Waals surface area (Å²) in [7, 11) is 0. The Morgan fingerprint density at radius 2 is 2.43 bits per heavy atom. The van der Waals surface area contributed by atoms with Crippen LogP contribution in [0.5, 0.6) is 0 Å². The van der Waals surface area contributed by atoms with Gasteiger partial charge in [0.25, 0.3) is 0 Å². The van der Waals surface area contributed by atoms with Crippen LogP contribution in [0.1, 0.15) is 17.8 Å². The molecule has 6 heteroatoms. The van der Waals surface area contributed by atoms with E-state index < -0.39 is 0 Å². The van der Waals surface area contributed by atoms with E-state index in [2.05, 4.69) is 15.1 Å². The number of β-amino-alcohol motifs (C(OH)–C–C–N with tert-alkyl or cyclic N) is 1. The first kappa shape index (κ1) is 10.3. The van der Waals surface area contributed by atoms with Crippen LogP contribution in [-0.2, 0) is 6.54 Å². The molecule has 1 aromatic heterocycles. The van der Waals surface area contributed by atoms with Gasteiger partial charge < -0.3 is 5.11 Å². The molecule has 1 saturated heterocycles. The van der Waals surface area contributed by atoms with Crippen molar-refractivity contribution in [2.75, 3.05) is 13.1 Å². The summed E-state index contributed by atoms with van der Waals surface area (Å²) in [5.74, 6) is 0. The lowest BCUT2D eigenvalue weighted by Crippen LogP contribution is -2.37. The molecule has 0 saturated carbocycles. The minimum atomic E-state index is -0.188. The summed E-state index contributed by atoms with van der Waals surface area (Å²) in [6.07, 6.45) is 1.77. The van der Waals surface area contributed by atoms with Gasteiger partial charge in [0.2, 0.25) is 4.47 Å². The van der Waals surface area contributed by atoms with Crippen molar-refractivity contribution >= 4 is 22.9 Å². The molecular weight excluding hydrogens is 222 g/mol. The molecule has 0 amide bonds. The number of rotatable bonds is 2. The van der Waals surface area contributed by atoms with E-state index in [0.29, 0.717) is 4.47 Å². The molecule has 2 heterocycles. The fraction of sp³-hybridized carbons (Fsp3) is 0.750. The predicted octanol–water partition coefficient (Wildman–Crippen LogP) is 1.15. The number of aliphatic hydroxyl groups excluding tert-OH is 1. The Labute approximate surface area is 91.5 Å². The smallest absolute Gasteiger partial charge is 0.207 e. The maximum absolute atomic E-state index is 9.46. The molecule has 0 bridgehead atoms. The SMILES string of the molecule is OC1CCCN(Cc2nnc(Cl)s2)C1. The largest absolute Gasteiger partial charge is 0.392 e. The van der Waals surface area contributed by atoms with Crippen LogP contribution >= 0.6 is 22.9 Å². The van der Waals surface area contributed by atoms with Crippen molar-refractivity contribution in [3.05, 3.63) is 9.47 Å². The average Bonchev–Trinajstić information content (AvgIpc) is 2.51. The summed E-state index contributed by atoms with van der Waals surface area (Å²) < 4.78 is 0.484. The van der Waals surface area contributed by atoms with E-state index in [1.165, 1.54) is 11.3 Å². The number of aliphatic hydroxyl groups is 1.